The van der Waals surface area contributed by atoms with Crippen LogP contribution in [0.2, 0.25) is 0 Å². The second-order valence-electron chi connectivity index (χ2n) is 5.08. The third-order valence-corrected chi connectivity index (χ3v) is 4.45. The molecule has 0 unspecified atom stereocenters. The topological polar surface area (TPSA) is 66.5 Å². The molecule has 1 aliphatic rings. The van der Waals surface area contributed by atoms with Crippen LogP contribution in [0.15, 0.2) is 18.2 Å². The molecule has 0 aromatic heterocycles. The molecule has 0 spiro atoms. The number of amides is 1. The van der Waals surface area contributed by atoms with Gasteiger partial charge in [-0.3, -0.25) is 9.10 Å². The first kappa shape index (κ1) is 16.6. The largest absolute Gasteiger partial charge is 0.405 e. The van der Waals surface area contributed by atoms with E-state index in [1.54, 1.807) is 5.32 Å². The predicted molar refractivity (Wildman–Crippen MR) is 75.3 cm³/mol. The minimum absolute atomic E-state index is 0.0818. The molecule has 9 heteroatoms. The van der Waals surface area contributed by atoms with Crippen molar-refractivity contribution >= 4 is 21.6 Å². The first-order valence-electron chi connectivity index (χ1n) is 6.53. The number of rotatable bonds is 3. The number of anilines is 1. The van der Waals surface area contributed by atoms with Gasteiger partial charge in [-0.15, -0.1) is 0 Å². The minimum atomic E-state index is -4.48. The van der Waals surface area contributed by atoms with Crippen LogP contribution in [-0.4, -0.2) is 39.8 Å². The second-order valence-corrected chi connectivity index (χ2v) is 6.99. The number of sulfonamides is 1. The summed E-state index contributed by atoms with van der Waals surface area (Å²) in [5.41, 5.74) is 1.19. The summed E-state index contributed by atoms with van der Waals surface area (Å²) in [6, 6.07) is 4.23. The van der Waals surface area contributed by atoms with Crippen molar-refractivity contribution in [1.82, 2.24) is 5.32 Å². The van der Waals surface area contributed by atoms with Crippen LogP contribution < -0.4 is 9.62 Å². The zero-order valence-electron chi connectivity index (χ0n) is 11.8. The summed E-state index contributed by atoms with van der Waals surface area (Å²) in [6.07, 6.45) is -2.22. The molecule has 22 heavy (non-hydrogen) atoms. The highest BCUT2D eigenvalue weighted by Crippen LogP contribution is 2.29. The molecule has 0 aliphatic carbocycles. The lowest BCUT2D eigenvalue weighted by molar-refractivity contribution is -0.123. The van der Waals surface area contributed by atoms with Gasteiger partial charge >= 0.3 is 6.18 Å². The van der Waals surface area contributed by atoms with Gasteiger partial charge in [0.15, 0.2) is 0 Å². The molecule has 5 nitrogen and oxygen atoms in total. The van der Waals surface area contributed by atoms with E-state index in [9.17, 15) is 26.4 Å². The molecule has 1 aromatic carbocycles. The fourth-order valence-corrected chi connectivity index (χ4v) is 3.33. The van der Waals surface area contributed by atoms with Crippen molar-refractivity contribution in [3.05, 3.63) is 29.3 Å². The molecular weight excluding hydrogens is 321 g/mol. The van der Waals surface area contributed by atoms with Crippen molar-refractivity contribution in [3.63, 3.8) is 0 Å². The van der Waals surface area contributed by atoms with Gasteiger partial charge in [-0.1, -0.05) is 0 Å². The maximum absolute atomic E-state index is 12.1. The summed E-state index contributed by atoms with van der Waals surface area (Å²) >= 11 is 0. The Hall–Kier alpha value is -1.77. The van der Waals surface area contributed by atoms with Crippen LogP contribution in [0.3, 0.4) is 0 Å². The Balaban J connectivity index is 2.23. The van der Waals surface area contributed by atoms with E-state index in [-0.39, 0.29) is 5.56 Å². The highest BCUT2D eigenvalue weighted by molar-refractivity contribution is 7.92. The van der Waals surface area contributed by atoms with Gasteiger partial charge < -0.3 is 5.32 Å². The van der Waals surface area contributed by atoms with Gasteiger partial charge in [0.05, 0.1) is 11.9 Å². The molecular formula is C13H15F3N2O3S. The molecule has 0 atom stereocenters. The van der Waals surface area contributed by atoms with Crippen LogP contribution in [0.4, 0.5) is 18.9 Å². The Morgan fingerprint density at radius 1 is 1.36 bits per heavy atom. The number of aryl methyl sites for hydroxylation is 1. The van der Waals surface area contributed by atoms with Crippen LogP contribution in [0.5, 0.6) is 0 Å². The first-order valence-corrected chi connectivity index (χ1v) is 8.38. The van der Waals surface area contributed by atoms with Gasteiger partial charge in [0, 0.05) is 12.1 Å². The fourth-order valence-electron chi connectivity index (χ4n) is 2.33. The molecule has 1 amide bonds. The number of carbonyl (C=O) groups excluding carboxylic acids is 1. The minimum Gasteiger partial charge on any atom is -0.343 e. The summed E-state index contributed by atoms with van der Waals surface area (Å²) in [6.45, 7) is -1.05. The number of hydrogen-bond acceptors (Lipinski definition) is 3. The third-order valence-electron chi connectivity index (χ3n) is 3.27. The van der Waals surface area contributed by atoms with Gasteiger partial charge in [0.25, 0.3) is 5.91 Å². The van der Waals surface area contributed by atoms with Crippen LogP contribution in [-0.2, 0) is 16.4 Å². The van der Waals surface area contributed by atoms with Gasteiger partial charge in [-0.25, -0.2) is 8.42 Å². The molecule has 1 aliphatic heterocycles. The van der Waals surface area contributed by atoms with Crippen LogP contribution >= 0.6 is 0 Å². The molecule has 0 bridgehead atoms. The lowest BCUT2D eigenvalue weighted by atomic mass is 10.0. The van der Waals surface area contributed by atoms with Gasteiger partial charge in [0.1, 0.15) is 6.54 Å². The zero-order valence-corrected chi connectivity index (χ0v) is 12.6. The number of hydrogen-bond donors (Lipinski definition) is 1. The van der Waals surface area contributed by atoms with Gasteiger partial charge in [-0.2, -0.15) is 13.2 Å². The number of alkyl halides is 3. The number of benzene rings is 1. The van der Waals surface area contributed by atoms with Crippen LogP contribution in [0.25, 0.3) is 0 Å². The van der Waals surface area contributed by atoms with E-state index in [2.05, 4.69) is 0 Å². The molecule has 1 aromatic rings. The van der Waals surface area contributed by atoms with E-state index in [0.29, 0.717) is 30.6 Å². The van der Waals surface area contributed by atoms with Crippen molar-refractivity contribution in [2.24, 2.45) is 0 Å². The van der Waals surface area contributed by atoms with Crippen molar-refractivity contribution in [3.8, 4) is 0 Å². The fraction of sp³-hybridized carbons (Fsp3) is 0.462. The standard InChI is InChI=1S/C13H15F3N2O3S/c1-22(20,21)18-6-2-3-9-7-10(4-5-11(9)18)12(19)17-8-13(14,15)16/h4-5,7H,2-3,6,8H2,1H3,(H,17,19). The quantitative estimate of drug-likeness (QED) is 0.913. The smallest absolute Gasteiger partial charge is 0.343 e. The number of halogens is 3. The van der Waals surface area contributed by atoms with Crippen LogP contribution in [0.1, 0.15) is 22.3 Å². The number of nitrogens with one attached hydrogen (secondary N) is 1. The lowest BCUT2D eigenvalue weighted by Crippen LogP contribution is -2.35. The van der Waals surface area contributed by atoms with E-state index in [0.717, 1.165) is 6.26 Å². The Morgan fingerprint density at radius 3 is 2.64 bits per heavy atom. The molecule has 1 N–H and O–H groups in total. The molecule has 0 saturated heterocycles. The van der Waals surface area contributed by atoms with E-state index in [4.69, 9.17) is 0 Å². The molecule has 0 fully saturated rings. The summed E-state index contributed by atoms with van der Waals surface area (Å²) in [7, 11) is -3.42. The average Bonchev–Trinajstić information content (AvgIpc) is 2.41. The lowest BCUT2D eigenvalue weighted by Gasteiger charge is -2.29. The van der Waals surface area contributed by atoms with Crippen LogP contribution in [0, 0.1) is 0 Å². The Bertz CT molecular complexity index is 686. The predicted octanol–water partition coefficient (Wildman–Crippen LogP) is 1.69. The SMILES string of the molecule is CS(=O)(=O)N1CCCc2cc(C(=O)NCC(F)(F)F)ccc21. The normalized spacial score (nSPS) is 15.4. The first-order chi connectivity index (χ1) is 10.1. The van der Waals surface area contributed by atoms with Crippen molar-refractivity contribution in [2.75, 3.05) is 23.7 Å². The average molecular weight is 336 g/mol. The highest BCUT2D eigenvalue weighted by atomic mass is 32.2. The number of fused-ring (bicyclic) bond motifs is 1. The van der Waals surface area contributed by atoms with E-state index >= 15 is 0 Å². The second kappa shape index (κ2) is 5.79. The summed E-state index contributed by atoms with van der Waals surface area (Å²) in [4.78, 5) is 11.7. The molecule has 122 valence electrons. The molecule has 2 rings (SSSR count). The molecule has 1 heterocycles. The van der Waals surface area contributed by atoms with Crippen molar-refractivity contribution in [2.45, 2.75) is 19.0 Å². The van der Waals surface area contributed by atoms with E-state index in [1.165, 1.54) is 22.5 Å². The van der Waals surface area contributed by atoms with Gasteiger partial charge in [0.2, 0.25) is 10.0 Å². The maximum atomic E-state index is 12.1. The van der Waals surface area contributed by atoms with E-state index < -0.39 is 28.7 Å². The number of nitrogens with zero attached hydrogens (tertiary/aromatic N) is 1. The van der Waals surface area contributed by atoms with E-state index in [1.807, 2.05) is 0 Å². The maximum Gasteiger partial charge on any atom is 0.405 e. The number of carbonyl (C=O) groups is 1. The summed E-state index contributed by atoms with van der Waals surface area (Å²) in [5, 5.41) is 1.79. The monoisotopic (exact) mass is 336 g/mol. The molecule has 0 saturated carbocycles. The van der Waals surface area contributed by atoms with Gasteiger partial charge in [-0.05, 0) is 36.6 Å². The summed E-state index contributed by atoms with van der Waals surface area (Å²) in [5.74, 6) is -0.836. The summed E-state index contributed by atoms with van der Waals surface area (Å²) < 4.78 is 60.9. The Morgan fingerprint density at radius 2 is 2.05 bits per heavy atom. The van der Waals surface area contributed by atoms with Crippen molar-refractivity contribution < 1.29 is 26.4 Å². The molecule has 0 radical (unpaired) electrons. The highest BCUT2D eigenvalue weighted by Gasteiger charge is 2.28. The van der Waals surface area contributed by atoms with Crippen molar-refractivity contribution in [1.29, 1.82) is 0 Å². The zero-order chi connectivity index (χ0) is 16.5. The Kier molecular flexibility index (Phi) is 4.37. The third kappa shape index (κ3) is 3.90. The Labute approximate surface area is 126 Å².